The fourth-order valence-electron chi connectivity index (χ4n) is 4.12. The van der Waals surface area contributed by atoms with Gasteiger partial charge in [-0.3, -0.25) is 4.79 Å². The van der Waals surface area contributed by atoms with Crippen LogP contribution in [0.4, 0.5) is 10.1 Å². The quantitative estimate of drug-likeness (QED) is 0.377. The molecule has 0 bridgehead atoms. The van der Waals surface area contributed by atoms with E-state index in [2.05, 4.69) is 15.6 Å². The molecule has 0 saturated carbocycles. The zero-order valence-electron chi connectivity index (χ0n) is 19.9. The first-order valence-corrected chi connectivity index (χ1v) is 11.6. The molecule has 0 saturated heterocycles. The average molecular weight is 485 g/mol. The molecule has 4 aromatic rings. The lowest BCUT2D eigenvalue weighted by Gasteiger charge is -2.13. The molecule has 1 aromatic heterocycles. The Morgan fingerprint density at radius 2 is 1.75 bits per heavy atom. The number of amides is 1. The molecule has 1 amide bonds. The normalized spacial score (nSPS) is 14.8. The van der Waals surface area contributed by atoms with Crippen LogP contribution in [0.5, 0.6) is 5.75 Å². The van der Waals surface area contributed by atoms with Gasteiger partial charge >= 0.3 is 0 Å². The molecule has 8 heteroatoms. The van der Waals surface area contributed by atoms with E-state index in [0.29, 0.717) is 23.5 Å². The van der Waals surface area contributed by atoms with Crippen molar-refractivity contribution in [1.29, 1.82) is 0 Å². The van der Waals surface area contributed by atoms with Gasteiger partial charge in [0.15, 0.2) is 6.73 Å². The lowest BCUT2D eigenvalue weighted by Crippen LogP contribution is -2.28. The SMILES string of the molecule is Cc1nn(COc2ccccc2-c2ccccc2)c(C)c1NC(=O)C1CC(c2ccc(F)cc2)=NO1. The molecule has 1 aliphatic heterocycles. The van der Waals surface area contributed by atoms with Crippen molar-refractivity contribution in [3.05, 3.63) is 102 Å². The summed E-state index contributed by atoms with van der Waals surface area (Å²) in [5.41, 5.74) is 5.41. The number of carbonyl (C=O) groups is 1. The minimum atomic E-state index is -0.777. The van der Waals surface area contributed by atoms with E-state index in [0.717, 1.165) is 28.1 Å². The van der Waals surface area contributed by atoms with Gasteiger partial charge in [0, 0.05) is 12.0 Å². The Labute approximate surface area is 208 Å². The summed E-state index contributed by atoms with van der Waals surface area (Å²) in [7, 11) is 0. The number of halogens is 1. The molecule has 0 aliphatic carbocycles. The van der Waals surface area contributed by atoms with Crippen molar-refractivity contribution in [3.8, 4) is 16.9 Å². The molecule has 2 heterocycles. The molecule has 1 aliphatic rings. The summed E-state index contributed by atoms with van der Waals surface area (Å²) < 4.78 is 21.0. The van der Waals surface area contributed by atoms with Crippen molar-refractivity contribution in [2.75, 3.05) is 5.32 Å². The molecular formula is C28H25FN4O3. The van der Waals surface area contributed by atoms with Gasteiger partial charge in [0.25, 0.3) is 5.91 Å². The molecule has 5 rings (SSSR count). The zero-order valence-corrected chi connectivity index (χ0v) is 19.9. The molecule has 1 unspecified atom stereocenters. The third-order valence-electron chi connectivity index (χ3n) is 6.08. The Bertz CT molecular complexity index is 1410. The van der Waals surface area contributed by atoms with Gasteiger partial charge in [0.1, 0.15) is 11.6 Å². The Morgan fingerprint density at radius 1 is 1.03 bits per heavy atom. The number of nitrogens with zero attached hydrogens (tertiary/aromatic N) is 3. The van der Waals surface area contributed by atoms with Crippen LogP contribution in [0.15, 0.2) is 84.0 Å². The zero-order chi connectivity index (χ0) is 25.1. The number of aromatic nitrogens is 2. The van der Waals surface area contributed by atoms with Crippen LogP contribution in [0, 0.1) is 19.7 Å². The second-order valence-electron chi connectivity index (χ2n) is 8.51. The molecule has 3 aromatic carbocycles. The minimum absolute atomic E-state index is 0.185. The van der Waals surface area contributed by atoms with Gasteiger partial charge in [0.05, 0.1) is 22.8 Å². The van der Waals surface area contributed by atoms with Crippen LogP contribution >= 0.6 is 0 Å². The summed E-state index contributed by atoms with van der Waals surface area (Å²) in [4.78, 5) is 18.3. The summed E-state index contributed by atoms with van der Waals surface area (Å²) in [5, 5.41) is 11.5. The highest BCUT2D eigenvalue weighted by atomic mass is 19.1. The molecule has 0 spiro atoms. The number of rotatable bonds is 7. The van der Waals surface area contributed by atoms with E-state index in [4.69, 9.17) is 9.57 Å². The van der Waals surface area contributed by atoms with Gasteiger partial charge in [-0.1, -0.05) is 65.8 Å². The van der Waals surface area contributed by atoms with Crippen molar-refractivity contribution in [2.24, 2.45) is 5.16 Å². The lowest BCUT2D eigenvalue weighted by molar-refractivity contribution is -0.125. The first-order valence-electron chi connectivity index (χ1n) is 11.6. The molecule has 0 radical (unpaired) electrons. The number of anilines is 1. The van der Waals surface area contributed by atoms with Crippen LogP contribution in [0.1, 0.15) is 23.4 Å². The van der Waals surface area contributed by atoms with Crippen molar-refractivity contribution < 1.29 is 18.8 Å². The average Bonchev–Trinajstić information content (AvgIpc) is 3.50. The molecular weight excluding hydrogens is 459 g/mol. The van der Waals surface area contributed by atoms with E-state index in [9.17, 15) is 9.18 Å². The maximum absolute atomic E-state index is 13.2. The summed E-state index contributed by atoms with van der Waals surface area (Å²) >= 11 is 0. The Balaban J connectivity index is 1.25. The minimum Gasteiger partial charge on any atom is -0.471 e. The lowest BCUT2D eigenvalue weighted by atomic mass is 10.0. The predicted octanol–water partition coefficient (Wildman–Crippen LogP) is 5.47. The van der Waals surface area contributed by atoms with E-state index in [-0.39, 0.29) is 18.5 Å². The number of para-hydroxylation sites is 1. The molecule has 0 fully saturated rings. The topological polar surface area (TPSA) is 77.7 Å². The Hall–Kier alpha value is -4.46. The van der Waals surface area contributed by atoms with Crippen LogP contribution in [0.25, 0.3) is 11.1 Å². The highest BCUT2D eigenvalue weighted by Crippen LogP contribution is 2.30. The fraction of sp³-hybridized carbons (Fsp3) is 0.179. The standard InChI is InChI=1S/C28H25FN4O3/c1-18-27(30-28(34)26-16-24(32-36-26)21-12-14-22(29)15-13-21)19(2)33(31-18)17-35-25-11-7-6-10-23(25)20-8-4-3-5-9-20/h3-15,26H,16-17H2,1-2H3,(H,30,34). The molecule has 1 atom stereocenters. The number of aryl methyl sites for hydroxylation is 1. The van der Waals surface area contributed by atoms with Crippen LogP contribution in [0.2, 0.25) is 0 Å². The van der Waals surface area contributed by atoms with Gasteiger partial charge in [-0.25, -0.2) is 9.07 Å². The molecule has 7 nitrogen and oxygen atoms in total. The summed E-state index contributed by atoms with van der Waals surface area (Å²) in [6.45, 7) is 3.88. The largest absolute Gasteiger partial charge is 0.471 e. The van der Waals surface area contributed by atoms with Crippen molar-refractivity contribution in [1.82, 2.24) is 9.78 Å². The maximum atomic E-state index is 13.2. The van der Waals surface area contributed by atoms with E-state index in [1.165, 1.54) is 12.1 Å². The summed E-state index contributed by atoms with van der Waals surface area (Å²) in [6, 6.07) is 23.8. The van der Waals surface area contributed by atoms with Crippen LogP contribution in [0.3, 0.4) is 0 Å². The van der Waals surface area contributed by atoms with E-state index >= 15 is 0 Å². The number of benzene rings is 3. The van der Waals surface area contributed by atoms with Crippen LogP contribution in [-0.4, -0.2) is 27.5 Å². The predicted molar refractivity (Wildman–Crippen MR) is 135 cm³/mol. The Morgan fingerprint density at radius 3 is 2.53 bits per heavy atom. The number of oxime groups is 1. The first-order chi connectivity index (χ1) is 17.5. The number of hydrogen-bond acceptors (Lipinski definition) is 5. The van der Waals surface area contributed by atoms with Gasteiger partial charge in [-0.2, -0.15) is 5.10 Å². The van der Waals surface area contributed by atoms with E-state index < -0.39 is 6.10 Å². The molecule has 182 valence electrons. The van der Waals surface area contributed by atoms with Gasteiger partial charge in [-0.15, -0.1) is 0 Å². The smallest absolute Gasteiger partial charge is 0.268 e. The molecule has 36 heavy (non-hydrogen) atoms. The van der Waals surface area contributed by atoms with Crippen molar-refractivity contribution in [2.45, 2.75) is 33.1 Å². The third kappa shape index (κ3) is 4.84. The summed E-state index contributed by atoms with van der Waals surface area (Å²) in [6.07, 6.45) is -0.482. The molecule has 1 N–H and O–H groups in total. The van der Waals surface area contributed by atoms with Gasteiger partial charge in [0.2, 0.25) is 6.10 Å². The Kier molecular flexibility index (Phi) is 6.49. The van der Waals surface area contributed by atoms with Gasteiger partial charge < -0.3 is 14.9 Å². The van der Waals surface area contributed by atoms with Gasteiger partial charge in [-0.05, 0) is 43.2 Å². The number of hydrogen-bond donors (Lipinski definition) is 1. The van der Waals surface area contributed by atoms with E-state index in [1.54, 1.807) is 16.8 Å². The van der Waals surface area contributed by atoms with Crippen LogP contribution < -0.4 is 10.1 Å². The first kappa shape index (κ1) is 23.3. The number of nitrogens with one attached hydrogen (secondary N) is 1. The van der Waals surface area contributed by atoms with Crippen molar-refractivity contribution >= 4 is 17.3 Å². The summed E-state index contributed by atoms with van der Waals surface area (Å²) in [5.74, 6) is 0.0895. The monoisotopic (exact) mass is 484 g/mol. The van der Waals surface area contributed by atoms with Crippen molar-refractivity contribution in [3.63, 3.8) is 0 Å². The highest BCUT2D eigenvalue weighted by Gasteiger charge is 2.30. The third-order valence-corrected chi connectivity index (χ3v) is 6.08. The highest BCUT2D eigenvalue weighted by molar-refractivity contribution is 6.06. The van der Waals surface area contributed by atoms with E-state index in [1.807, 2.05) is 68.4 Å². The second kappa shape index (κ2) is 10.0. The fourth-order valence-corrected chi connectivity index (χ4v) is 4.12. The number of ether oxygens (including phenoxy) is 1. The van der Waals surface area contributed by atoms with Crippen LogP contribution in [-0.2, 0) is 16.4 Å². The number of carbonyl (C=O) groups excluding carboxylic acids is 1. The maximum Gasteiger partial charge on any atom is 0.268 e. The second-order valence-corrected chi connectivity index (χ2v) is 8.51.